The van der Waals surface area contributed by atoms with Crippen LogP contribution in [0, 0.1) is 0 Å². The van der Waals surface area contributed by atoms with E-state index in [1.165, 1.54) is 11.3 Å². The van der Waals surface area contributed by atoms with Crippen molar-refractivity contribution in [1.29, 1.82) is 0 Å². The van der Waals surface area contributed by atoms with Gasteiger partial charge in [0.2, 0.25) is 5.82 Å². The van der Waals surface area contributed by atoms with Crippen LogP contribution in [0.2, 0.25) is 0 Å². The van der Waals surface area contributed by atoms with Crippen molar-refractivity contribution in [3.05, 3.63) is 50.4 Å². The fourth-order valence-corrected chi connectivity index (χ4v) is 4.95. The van der Waals surface area contributed by atoms with E-state index in [0.717, 1.165) is 41.9 Å². The fraction of sp³-hybridized carbons (Fsp3) is 0.318. The van der Waals surface area contributed by atoms with Crippen molar-refractivity contribution in [2.75, 3.05) is 25.0 Å². The summed E-state index contributed by atoms with van der Waals surface area (Å²) in [4.78, 5) is 54.5. The number of benzene rings is 1. The van der Waals surface area contributed by atoms with Crippen molar-refractivity contribution >= 4 is 45.0 Å². The molecule has 0 unspecified atom stereocenters. The molecule has 0 radical (unpaired) electrons. The van der Waals surface area contributed by atoms with Crippen LogP contribution in [0.4, 0.5) is 18.9 Å². The molecule has 0 bridgehead atoms. The molecule has 0 spiro atoms. The molecule has 0 saturated carbocycles. The first-order valence-corrected chi connectivity index (χ1v) is 11.7. The number of carboxylic acid groups (broad SMARTS) is 1. The topological polar surface area (TPSA) is 163 Å². The number of fused-ring (bicyclic) bond motifs is 4. The van der Waals surface area contributed by atoms with Gasteiger partial charge in [-0.2, -0.15) is 13.2 Å². The van der Waals surface area contributed by atoms with Crippen molar-refractivity contribution in [3.8, 4) is 5.75 Å². The first-order valence-electron chi connectivity index (χ1n) is 10.9. The zero-order valence-electron chi connectivity index (χ0n) is 19.0. The standard InChI is InChI=1S/C20H19N5O4S.C2HF3O2/c26-15-9-29-13-2-1-10(7-12(13)23-15)8-22-19(28)17-24-18(27)16-11-3-5-21-6-4-14(11)30-20(16)25-17;3-2(4,5)1(6)7/h1-2,7,21H,3-6,8-9H2,(H,22,28)(H,23,26)(H,24,25,27);(H,6,7). The minimum absolute atomic E-state index is 0.00312. The second-order valence-corrected chi connectivity index (χ2v) is 9.09. The number of amides is 2. The van der Waals surface area contributed by atoms with Gasteiger partial charge in [0.05, 0.1) is 11.1 Å². The van der Waals surface area contributed by atoms with Gasteiger partial charge >= 0.3 is 12.1 Å². The highest BCUT2D eigenvalue weighted by Crippen LogP contribution is 2.30. The smallest absolute Gasteiger partial charge is 0.482 e. The minimum Gasteiger partial charge on any atom is -0.482 e. The zero-order chi connectivity index (χ0) is 26.7. The number of ether oxygens (including phenoxy) is 1. The summed E-state index contributed by atoms with van der Waals surface area (Å²) < 4.78 is 37.1. The molecule has 2 aliphatic heterocycles. The molecule has 196 valence electrons. The van der Waals surface area contributed by atoms with Gasteiger partial charge in [-0.1, -0.05) is 6.07 Å². The van der Waals surface area contributed by atoms with Crippen LogP contribution in [0.5, 0.6) is 5.75 Å². The Labute approximate surface area is 210 Å². The average Bonchev–Trinajstić information content (AvgIpc) is 3.03. The van der Waals surface area contributed by atoms with E-state index < -0.39 is 18.1 Å². The van der Waals surface area contributed by atoms with Crippen molar-refractivity contribution < 1.29 is 37.4 Å². The van der Waals surface area contributed by atoms with E-state index in [9.17, 15) is 27.6 Å². The van der Waals surface area contributed by atoms with Gasteiger partial charge < -0.3 is 30.8 Å². The summed E-state index contributed by atoms with van der Waals surface area (Å²) in [5, 5.41) is 16.6. The number of alkyl halides is 3. The number of rotatable bonds is 3. The second kappa shape index (κ2) is 10.6. The number of thiophene rings is 1. The monoisotopic (exact) mass is 539 g/mol. The third kappa shape index (κ3) is 6.06. The number of nitrogens with zero attached hydrogens (tertiary/aromatic N) is 1. The first kappa shape index (κ1) is 26.1. The Bertz CT molecular complexity index is 1430. The third-order valence-electron chi connectivity index (χ3n) is 5.41. The van der Waals surface area contributed by atoms with Crippen LogP contribution in [0.15, 0.2) is 23.0 Å². The molecule has 0 aliphatic carbocycles. The molecule has 5 N–H and O–H groups in total. The van der Waals surface area contributed by atoms with Gasteiger partial charge in [0.25, 0.3) is 17.4 Å². The Morgan fingerprint density at radius 2 is 1.92 bits per heavy atom. The summed E-state index contributed by atoms with van der Waals surface area (Å²) in [5.74, 6) is -2.85. The lowest BCUT2D eigenvalue weighted by Gasteiger charge is -2.18. The number of aromatic amines is 1. The second-order valence-electron chi connectivity index (χ2n) is 8.00. The molecule has 15 heteroatoms. The number of carbonyl (C=O) groups is 3. The Balaban J connectivity index is 0.000000405. The Morgan fingerprint density at radius 3 is 2.65 bits per heavy atom. The molecule has 37 heavy (non-hydrogen) atoms. The number of hydrogen-bond donors (Lipinski definition) is 5. The zero-order valence-corrected chi connectivity index (χ0v) is 19.8. The lowest BCUT2D eigenvalue weighted by Crippen LogP contribution is -2.28. The molecule has 2 aliphatic rings. The van der Waals surface area contributed by atoms with Crippen LogP contribution in [-0.4, -0.2) is 58.7 Å². The lowest BCUT2D eigenvalue weighted by molar-refractivity contribution is -0.192. The maximum Gasteiger partial charge on any atom is 0.490 e. The van der Waals surface area contributed by atoms with Gasteiger partial charge in [0, 0.05) is 11.4 Å². The van der Waals surface area contributed by atoms with Crippen LogP contribution in [-0.2, 0) is 29.0 Å². The third-order valence-corrected chi connectivity index (χ3v) is 6.60. The fourth-order valence-electron chi connectivity index (χ4n) is 3.73. The van der Waals surface area contributed by atoms with Crippen molar-refractivity contribution in [2.45, 2.75) is 25.6 Å². The van der Waals surface area contributed by atoms with E-state index in [1.807, 2.05) is 0 Å². The number of carboxylic acids is 1. The average molecular weight is 539 g/mol. The van der Waals surface area contributed by atoms with Crippen LogP contribution in [0.1, 0.15) is 26.6 Å². The highest BCUT2D eigenvalue weighted by molar-refractivity contribution is 7.18. The summed E-state index contributed by atoms with van der Waals surface area (Å²) >= 11 is 1.48. The molecule has 5 rings (SSSR count). The van der Waals surface area contributed by atoms with Gasteiger partial charge in [-0.25, -0.2) is 9.78 Å². The first-order chi connectivity index (χ1) is 17.5. The number of H-pyrrole nitrogens is 1. The quantitative estimate of drug-likeness (QED) is 0.335. The van der Waals surface area contributed by atoms with Crippen molar-refractivity contribution in [2.24, 2.45) is 0 Å². The van der Waals surface area contributed by atoms with Gasteiger partial charge in [-0.3, -0.25) is 14.4 Å². The van der Waals surface area contributed by atoms with Gasteiger partial charge in [-0.05, 0) is 49.2 Å². The Morgan fingerprint density at radius 1 is 1.19 bits per heavy atom. The Hall–Kier alpha value is -3.98. The van der Waals surface area contributed by atoms with Gasteiger partial charge in [-0.15, -0.1) is 11.3 Å². The van der Waals surface area contributed by atoms with E-state index in [4.69, 9.17) is 14.6 Å². The van der Waals surface area contributed by atoms with Gasteiger partial charge in [0.15, 0.2) is 6.61 Å². The molecule has 11 nitrogen and oxygen atoms in total. The normalized spacial score (nSPS) is 14.7. The van der Waals surface area contributed by atoms with Gasteiger partial charge in [0.1, 0.15) is 10.6 Å². The van der Waals surface area contributed by atoms with Crippen LogP contribution >= 0.6 is 11.3 Å². The molecular weight excluding hydrogens is 519 g/mol. The van der Waals surface area contributed by atoms with E-state index in [2.05, 4.69) is 25.9 Å². The lowest BCUT2D eigenvalue weighted by atomic mass is 10.1. The molecule has 1 aromatic carbocycles. The number of hydrogen-bond acceptors (Lipinski definition) is 8. The highest BCUT2D eigenvalue weighted by atomic mass is 32.1. The van der Waals surface area contributed by atoms with Crippen LogP contribution in [0.25, 0.3) is 10.2 Å². The largest absolute Gasteiger partial charge is 0.490 e. The number of aromatic nitrogens is 2. The minimum atomic E-state index is -5.08. The predicted molar refractivity (Wildman–Crippen MR) is 126 cm³/mol. The molecule has 0 fully saturated rings. The summed E-state index contributed by atoms with van der Waals surface area (Å²) in [7, 11) is 0. The summed E-state index contributed by atoms with van der Waals surface area (Å²) in [6.45, 7) is 1.91. The van der Waals surface area contributed by atoms with E-state index in [0.29, 0.717) is 21.7 Å². The van der Waals surface area contributed by atoms with Crippen LogP contribution in [0.3, 0.4) is 0 Å². The van der Waals surface area contributed by atoms with E-state index in [1.54, 1.807) is 18.2 Å². The SMILES string of the molecule is O=C(O)C(F)(F)F.O=C1COc2ccc(CNC(=O)c3nc4sc5c(c4c(=O)[nH]3)CCNCC5)cc2N1. The molecule has 4 heterocycles. The molecule has 2 aromatic heterocycles. The molecule has 2 amide bonds. The molecule has 0 saturated heterocycles. The Kier molecular flexibility index (Phi) is 7.45. The van der Waals surface area contributed by atoms with Crippen LogP contribution < -0.4 is 26.2 Å². The molecule has 0 atom stereocenters. The molecule has 3 aromatic rings. The number of aliphatic carboxylic acids is 1. The van der Waals surface area contributed by atoms with E-state index in [-0.39, 0.29) is 30.4 Å². The van der Waals surface area contributed by atoms with Crippen molar-refractivity contribution in [1.82, 2.24) is 20.6 Å². The molecular formula is C22H20F3N5O6S. The summed E-state index contributed by atoms with van der Waals surface area (Å²) in [5.41, 5.74) is 2.12. The summed E-state index contributed by atoms with van der Waals surface area (Å²) in [6.07, 6.45) is -3.44. The number of halogens is 3. The van der Waals surface area contributed by atoms with E-state index >= 15 is 0 Å². The van der Waals surface area contributed by atoms with Crippen molar-refractivity contribution in [3.63, 3.8) is 0 Å². The maximum absolute atomic E-state index is 12.7. The predicted octanol–water partition coefficient (Wildman–Crippen LogP) is 1.57. The number of carbonyl (C=O) groups excluding carboxylic acids is 2. The number of nitrogens with one attached hydrogen (secondary N) is 4. The summed E-state index contributed by atoms with van der Waals surface area (Å²) in [6, 6.07) is 5.30. The highest BCUT2D eigenvalue weighted by Gasteiger charge is 2.38. The number of anilines is 1. The maximum atomic E-state index is 12.7.